The average Bonchev–Trinajstić information content (AvgIpc) is 2.65. The average molecular weight is 240 g/mol. The molecule has 0 aromatic heterocycles. The van der Waals surface area contributed by atoms with E-state index < -0.39 is 0 Å². The molecule has 1 aliphatic heterocycles. The number of hydrogen-bond donors (Lipinski definition) is 1. The Labute approximate surface area is 106 Å². The molecule has 0 bridgehead atoms. The Kier molecular flexibility index (Phi) is 5.75. The number of nitrogens with two attached hydrogens (primary N) is 1. The molecule has 2 aliphatic rings. The first-order valence-corrected chi connectivity index (χ1v) is 7.49. The van der Waals surface area contributed by atoms with Crippen molar-refractivity contribution >= 4 is 0 Å². The van der Waals surface area contributed by atoms with Gasteiger partial charge in [0, 0.05) is 12.1 Å². The highest BCUT2D eigenvalue weighted by Crippen LogP contribution is 2.29. The molecule has 0 amide bonds. The Hall–Kier alpha value is -0.120. The Morgan fingerprint density at radius 3 is 2.35 bits per heavy atom. The molecule has 0 aromatic rings. The second-order valence-electron chi connectivity index (χ2n) is 5.69. The minimum absolute atomic E-state index is 0.716. The lowest BCUT2D eigenvalue weighted by Crippen LogP contribution is -2.46. The van der Waals surface area contributed by atoms with Gasteiger partial charge < -0.3 is 4.84 Å². The summed E-state index contributed by atoms with van der Waals surface area (Å²) in [5, 5.41) is 0. The van der Waals surface area contributed by atoms with Gasteiger partial charge in [0.05, 0.1) is 6.61 Å². The van der Waals surface area contributed by atoms with Gasteiger partial charge >= 0.3 is 0 Å². The van der Waals surface area contributed by atoms with Crippen molar-refractivity contribution in [3.8, 4) is 0 Å². The highest BCUT2D eigenvalue weighted by atomic mass is 16.6. The summed E-state index contributed by atoms with van der Waals surface area (Å²) in [4.78, 5) is 7.56. The van der Waals surface area contributed by atoms with Crippen molar-refractivity contribution in [3.05, 3.63) is 0 Å². The lowest BCUT2D eigenvalue weighted by Gasteiger charge is -2.41. The standard InChI is InChI=1S/C14H28N2O/c15-17-12-10-14-9-5-6-11-16(14)13-7-3-1-2-4-8-13/h13-14H,1-12,15H2. The quantitative estimate of drug-likeness (QED) is 0.606. The second kappa shape index (κ2) is 7.34. The zero-order valence-corrected chi connectivity index (χ0v) is 11.1. The molecule has 1 aliphatic carbocycles. The van der Waals surface area contributed by atoms with Crippen LogP contribution in [0.1, 0.15) is 64.2 Å². The fourth-order valence-corrected chi connectivity index (χ4v) is 3.61. The van der Waals surface area contributed by atoms with E-state index in [1.54, 1.807) is 0 Å². The molecule has 2 fully saturated rings. The number of hydrogen-bond acceptors (Lipinski definition) is 3. The first kappa shape index (κ1) is 13.3. The molecule has 0 spiro atoms. The fourth-order valence-electron chi connectivity index (χ4n) is 3.61. The van der Waals surface area contributed by atoms with E-state index in [1.165, 1.54) is 64.3 Å². The van der Waals surface area contributed by atoms with E-state index in [1.807, 2.05) is 0 Å². The molecular formula is C14H28N2O. The predicted molar refractivity (Wildman–Crippen MR) is 70.6 cm³/mol. The second-order valence-corrected chi connectivity index (χ2v) is 5.69. The summed E-state index contributed by atoms with van der Waals surface area (Å²) in [5.41, 5.74) is 0. The number of nitrogens with zero attached hydrogens (tertiary/aromatic N) is 1. The van der Waals surface area contributed by atoms with E-state index in [9.17, 15) is 0 Å². The van der Waals surface area contributed by atoms with E-state index in [-0.39, 0.29) is 0 Å². The molecule has 2 rings (SSSR count). The van der Waals surface area contributed by atoms with Crippen LogP contribution < -0.4 is 5.90 Å². The largest absolute Gasteiger partial charge is 0.305 e. The molecule has 0 aromatic carbocycles. The van der Waals surface area contributed by atoms with Crippen molar-refractivity contribution in [1.29, 1.82) is 0 Å². The SMILES string of the molecule is NOCCC1CCCCN1C1CCCCCC1. The predicted octanol–water partition coefficient (Wildman–Crippen LogP) is 2.84. The molecule has 3 heteroatoms. The molecule has 1 unspecified atom stereocenters. The van der Waals surface area contributed by atoms with Gasteiger partial charge in [0.1, 0.15) is 0 Å². The number of likely N-dealkylation sites (tertiary alicyclic amines) is 1. The lowest BCUT2D eigenvalue weighted by atomic mass is 9.95. The summed E-state index contributed by atoms with van der Waals surface area (Å²) in [6.45, 7) is 2.02. The molecule has 1 heterocycles. The molecule has 1 saturated heterocycles. The van der Waals surface area contributed by atoms with Crippen LogP contribution in [0.2, 0.25) is 0 Å². The first-order valence-electron chi connectivity index (χ1n) is 7.49. The summed E-state index contributed by atoms with van der Waals surface area (Å²) in [6.07, 6.45) is 13.8. The Morgan fingerprint density at radius 2 is 1.65 bits per heavy atom. The van der Waals surface area contributed by atoms with Crippen LogP contribution in [0.4, 0.5) is 0 Å². The van der Waals surface area contributed by atoms with Crippen molar-refractivity contribution in [3.63, 3.8) is 0 Å². The highest BCUT2D eigenvalue weighted by molar-refractivity contribution is 4.84. The van der Waals surface area contributed by atoms with Gasteiger partial charge in [-0.2, -0.15) is 0 Å². The van der Waals surface area contributed by atoms with Crippen LogP contribution in [-0.2, 0) is 4.84 Å². The summed E-state index contributed by atoms with van der Waals surface area (Å²) in [5.74, 6) is 5.18. The summed E-state index contributed by atoms with van der Waals surface area (Å²) in [7, 11) is 0. The van der Waals surface area contributed by atoms with E-state index in [2.05, 4.69) is 4.90 Å². The van der Waals surface area contributed by atoms with Crippen molar-refractivity contribution in [2.75, 3.05) is 13.2 Å². The maximum atomic E-state index is 5.18. The van der Waals surface area contributed by atoms with Crippen molar-refractivity contribution in [2.24, 2.45) is 5.90 Å². The summed E-state index contributed by atoms with van der Waals surface area (Å²) in [6, 6.07) is 1.58. The fraction of sp³-hybridized carbons (Fsp3) is 1.00. The summed E-state index contributed by atoms with van der Waals surface area (Å²) < 4.78 is 0. The zero-order chi connectivity index (χ0) is 11.9. The first-order chi connectivity index (χ1) is 8.42. The number of rotatable bonds is 4. The van der Waals surface area contributed by atoms with Gasteiger partial charge in [-0.05, 0) is 38.6 Å². The molecule has 17 heavy (non-hydrogen) atoms. The van der Waals surface area contributed by atoms with Crippen LogP contribution in [-0.4, -0.2) is 30.1 Å². The molecule has 0 radical (unpaired) electrons. The molecule has 3 nitrogen and oxygen atoms in total. The Bertz CT molecular complexity index is 202. The third-order valence-electron chi connectivity index (χ3n) is 4.54. The minimum atomic E-state index is 0.716. The molecule has 1 atom stereocenters. The van der Waals surface area contributed by atoms with Crippen molar-refractivity contribution in [2.45, 2.75) is 76.3 Å². The van der Waals surface area contributed by atoms with Gasteiger partial charge in [0.2, 0.25) is 0 Å². The molecule has 1 saturated carbocycles. The minimum Gasteiger partial charge on any atom is -0.305 e. The van der Waals surface area contributed by atoms with Crippen LogP contribution in [0.5, 0.6) is 0 Å². The third kappa shape index (κ3) is 3.94. The maximum Gasteiger partial charge on any atom is 0.0694 e. The lowest BCUT2D eigenvalue weighted by molar-refractivity contribution is 0.0495. The van der Waals surface area contributed by atoms with Gasteiger partial charge in [0.15, 0.2) is 0 Å². The highest BCUT2D eigenvalue weighted by Gasteiger charge is 2.28. The zero-order valence-electron chi connectivity index (χ0n) is 11.1. The Morgan fingerprint density at radius 1 is 0.941 bits per heavy atom. The van der Waals surface area contributed by atoms with Gasteiger partial charge in [-0.3, -0.25) is 4.90 Å². The Balaban J connectivity index is 1.89. The normalized spacial score (nSPS) is 29.1. The summed E-state index contributed by atoms with van der Waals surface area (Å²) >= 11 is 0. The molecule has 2 N–H and O–H groups in total. The van der Waals surface area contributed by atoms with E-state index in [4.69, 9.17) is 10.7 Å². The third-order valence-corrected chi connectivity index (χ3v) is 4.54. The van der Waals surface area contributed by atoms with E-state index in [0.29, 0.717) is 6.61 Å². The smallest absolute Gasteiger partial charge is 0.0694 e. The van der Waals surface area contributed by atoms with Crippen LogP contribution in [0.25, 0.3) is 0 Å². The molecular weight excluding hydrogens is 212 g/mol. The van der Waals surface area contributed by atoms with E-state index >= 15 is 0 Å². The number of piperidine rings is 1. The van der Waals surface area contributed by atoms with Crippen LogP contribution >= 0.6 is 0 Å². The van der Waals surface area contributed by atoms with Crippen LogP contribution in [0.15, 0.2) is 0 Å². The van der Waals surface area contributed by atoms with Crippen molar-refractivity contribution < 1.29 is 4.84 Å². The molecule has 100 valence electrons. The van der Waals surface area contributed by atoms with E-state index in [0.717, 1.165) is 18.5 Å². The topological polar surface area (TPSA) is 38.5 Å². The monoisotopic (exact) mass is 240 g/mol. The van der Waals surface area contributed by atoms with Gasteiger partial charge in [-0.25, -0.2) is 5.90 Å². The maximum absolute atomic E-state index is 5.18. The van der Waals surface area contributed by atoms with Crippen LogP contribution in [0.3, 0.4) is 0 Å². The van der Waals surface area contributed by atoms with Gasteiger partial charge in [0.25, 0.3) is 0 Å². The van der Waals surface area contributed by atoms with Crippen LogP contribution in [0, 0.1) is 0 Å². The van der Waals surface area contributed by atoms with Crippen molar-refractivity contribution in [1.82, 2.24) is 4.90 Å². The van der Waals surface area contributed by atoms with Gasteiger partial charge in [-0.1, -0.05) is 32.1 Å². The van der Waals surface area contributed by atoms with Gasteiger partial charge in [-0.15, -0.1) is 0 Å².